The lowest BCUT2D eigenvalue weighted by Gasteiger charge is -2.08. The monoisotopic (exact) mass is 329 g/mol. The lowest BCUT2D eigenvalue weighted by atomic mass is 10.1. The van der Waals surface area contributed by atoms with Gasteiger partial charge in [0.1, 0.15) is 5.69 Å². The Labute approximate surface area is 147 Å². The molecule has 0 saturated heterocycles. The Balaban J connectivity index is 1.78. The summed E-state index contributed by atoms with van der Waals surface area (Å²) < 4.78 is 0. The number of nitrogens with zero attached hydrogens (tertiary/aromatic N) is 2. The van der Waals surface area contributed by atoms with Gasteiger partial charge in [-0.3, -0.25) is 4.79 Å². The number of benzene rings is 2. The summed E-state index contributed by atoms with van der Waals surface area (Å²) in [5, 5.41) is 2.91. The van der Waals surface area contributed by atoms with Crippen molar-refractivity contribution in [3.05, 3.63) is 84.1 Å². The number of aliphatic imine (C=N–C) groups is 1. The maximum absolute atomic E-state index is 12.5. The van der Waals surface area contributed by atoms with Crippen LogP contribution in [0.15, 0.2) is 77.8 Å². The fourth-order valence-electron chi connectivity index (χ4n) is 2.50. The third-order valence-corrected chi connectivity index (χ3v) is 3.75. The third-order valence-electron chi connectivity index (χ3n) is 3.75. The van der Waals surface area contributed by atoms with Gasteiger partial charge in [-0.2, -0.15) is 0 Å². The molecule has 124 valence electrons. The molecule has 0 atom stereocenters. The average Bonchev–Trinajstić information content (AvgIpc) is 2.67. The highest BCUT2D eigenvalue weighted by Gasteiger charge is 2.09. The summed E-state index contributed by atoms with van der Waals surface area (Å²) >= 11 is 0. The fraction of sp³-hybridized carbons (Fsp3) is 0.0952. The Hall–Kier alpha value is -3.27. The summed E-state index contributed by atoms with van der Waals surface area (Å²) in [6, 6.07) is 23.0. The molecule has 3 aromatic rings. The zero-order valence-corrected chi connectivity index (χ0v) is 14.0. The van der Waals surface area contributed by atoms with Gasteiger partial charge in [-0.25, -0.2) is 4.98 Å². The van der Waals surface area contributed by atoms with Gasteiger partial charge in [0.25, 0.3) is 5.91 Å². The summed E-state index contributed by atoms with van der Waals surface area (Å²) in [5.74, 6) is -0.223. The van der Waals surface area contributed by atoms with Crippen LogP contribution in [0.25, 0.3) is 11.3 Å². The normalized spacial score (nSPS) is 10.8. The van der Waals surface area contributed by atoms with Crippen molar-refractivity contribution in [2.75, 3.05) is 12.4 Å². The van der Waals surface area contributed by atoms with Crippen molar-refractivity contribution >= 4 is 17.8 Å². The highest BCUT2D eigenvalue weighted by molar-refractivity contribution is 6.03. The molecule has 4 nitrogen and oxygen atoms in total. The van der Waals surface area contributed by atoms with E-state index in [-0.39, 0.29) is 5.91 Å². The molecule has 0 radical (unpaired) electrons. The minimum atomic E-state index is -0.223. The van der Waals surface area contributed by atoms with Crippen molar-refractivity contribution in [1.29, 1.82) is 0 Å². The van der Waals surface area contributed by atoms with Crippen LogP contribution in [-0.2, 0) is 6.42 Å². The first-order valence-electron chi connectivity index (χ1n) is 8.09. The minimum Gasteiger partial charge on any atom is -0.321 e. The van der Waals surface area contributed by atoms with Crippen molar-refractivity contribution in [3.8, 4) is 11.3 Å². The second kappa shape index (κ2) is 8.02. The number of nitrogens with one attached hydrogen (secondary N) is 1. The van der Waals surface area contributed by atoms with Crippen molar-refractivity contribution in [2.24, 2.45) is 4.99 Å². The van der Waals surface area contributed by atoms with Crippen LogP contribution in [0.5, 0.6) is 0 Å². The molecule has 0 aliphatic rings. The number of carbonyl (C=O) groups is 1. The van der Waals surface area contributed by atoms with Crippen LogP contribution in [-0.4, -0.2) is 24.2 Å². The van der Waals surface area contributed by atoms with E-state index in [9.17, 15) is 4.79 Å². The molecule has 0 aliphatic heterocycles. The predicted molar refractivity (Wildman–Crippen MR) is 102 cm³/mol. The first-order valence-corrected chi connectivity index (χ1v) is 8.09. The van der Waals surface area contributed by atoms with Gasteiger partial charge >= 0.3 is 0 Å². The maximum atomic E-state index is 12.5. The van der Waals surface area contributed by atoms with E-state index in [4.69, 9.17) is 0 Å². The molecule has 1 heterocycles. The lowest BCUT2D eigenvalue weighted by molar-refractivity contribution is 0.102. The Morgan fingerprint density at radius 1 is 1.04 bits per heavy atom. The highest BCUT2D eigenvalue weighted by Crippen LogP contribution is 2.17. The molecular weight excluding hydrogens is 310 g/mol. The van der Waals surface area contributed by atoms with Gasteiger partial charge < -0.3 is 10.3 Å². The number of aromatic nitrogens is 1. The van der Waals surface area contributed by atoms with E-state index in [2.05, 4.69) is 15.3 Å². The number of pyridine rings is 1. The zero-order chi connectivity index (χ0) is 17.5. The topological polar surface area (TPSA) is 54.4 Å². The van der Waals surface area contributed by atoms with E-state index in [1.54, 1.807) is 13.1 Å². The Morgan fingerprint density at radius 3 is 2.64 bits per heavy atom. The van der Waals surface area contributed by atoms with Crippen molar-refractivity contribution in [1.82, 2.24) is 4.98 Å². The van der Waals surface area contributed by atoms with Gasteiger partial charge in [-0.05, 0) is 29.8 Å². The fourth-order valence-corrected chi connectivity index (χ4v) is 2.50. The Morgan fingerprint density at radius 2 is 1.84 bits per heavy atom. The van der Waals surface area contributed by atoms with Gasteiger partial charge in [0.05, 0.1) is 5.69 Å². The molecule has 0 unspecified atom stereocenters. The van der Waals surface area contributed by atoms with E-state index in [1.165, 1.54) is 0 Å². The maximum Gasteiger partial charge on any atom is 0.274 e. The largest absolute Gasteiger partial charge is 0.321 e. The third kappa shape index (κ3) is 4.38. The summed E-state index contributed by atoms with van der Waals surface area (Å²) in [5.41, 5.74) is 3.99. The summed E-state index contributed by atoms with van der Waals surface area (Å²) in [6.07, 6.45) is 2.58. The van der Waals surface area contributed by atoms with Crippen LogP contribution in [0.2, 0.25) is 0 Å². The molecule has 0 spiro atoms. The van der Waals surface area contributed by atoms with E-state index >= 15 is 0 Å². The van der Waals surface area contributed by atoms with Crippen molar-refractivity contribution in [3.63, 3.8) is 0 Å². The molecule has 0 aliphatic carbocycles. The lowest BCUT2D eigenvalue weighted by Crippen LogP contribution is -2.14. The molecule has 2 aromatic carbocycles. The molecule has 1 N–H and O–H groups in total. The second-order valence-electron chi connectivity index (χ2n) is 5.57. The molecule has 1 amide bonds. The summed E-state index contributed by atoms with van der Waals surface area (Å²) in [7, 11) is 1.75. The highest BCUT2D eigenvalue weighted by atomic mass is 16.1. The smallest absolute Gasteiger partial charge is 0.274 e. The van der Waals surface area contributed by atoms with Gasteiger partial charge in [0.15, 0.2) is 0 Å². The number of rotatable bonds is 5. The first kappa shape index (κ1) is 16.6. The molecule has 3 rings (SSSR count). The quantitative estimate of drug-likeness (QED) is 0.712. The first-order chi connectivity index (χ1) is 12.3. The zero-order valence-electron chi connectivity index (χ0n) is 14.0. The Kier molecular flexibility index (Phi) is 5.32. The number of hydrogen-bond donors (Lipinski definition) is 1. The van der Waals surface area contributed by atoms with Crippen LogP contribution in [0.1, 0.15) is 16.1 Å². The summed E-state index contributed by atoms with van der Waals surface area (Å²) in [4.78, 5) is 21.0. The molecular formula is C21H19N3O. The van der Waals surface area contributed by atoms with Gasteiger partial charge in [-0.15, -0.1) is 0 Å². The van der Waals surface area contributed by atoms with E-state index in [0.717, 1.165) is 28.9 Å². The van der Waals surface area contributed by atoms with Gasteiger partial charge in [0.2, 0.25) is 0 Å². The minimum absolute atomic E-state index is 0.223. The standard InChI is InChI=1S/C21H19N3O/c1-22-14-13-16-7-5-10-18(15-16)23-21(25)20-12-6-11-19(24-20)17-8-3-2-4-9-17/h2-12,14-15H,13H2,1H3,(H,23,25). The van der Waals surface area contributed by atoms with E-state index in [0.29, 0.717) is 5.69 Å². The molecule has 1 aromatic heterocycles. The SMILES string of the molecule is CN=CCc1cccc(NC(=O)c2cccc(-c3ccccc3)n2)c1. The molecule has 0 bridgehead atoms. The molecule has 0 fully saturated rings. The van der Waals surface area contributed by atoms with Crippen LogP contribution >= 0.6 is 0 Å². The summed E-state index contributed by atoms with van der Waals surface area (Å²) in [6.45, 7) is 0. The second-order valence-corrected chi connectivity index (χ2v) is 5.57. The number of amides is 1. The van der Waals surface area contributed by atoms with Crippen molar-refractivity contribution < 1.29 is 4.79 Å². The van der Waals surface area contributed by atoms with Gasteiger partial charge in [-0.1, -0.05) is 48.5 Å². The Bertz CT molecular complexity index is 888. The van der Waals surface area contributed by atoms with Gasteiger partial charge in [0, 0.05) is 30.9 Å². The van der Waals surface area contributed by atoms with Crippen LogP contribution < -0.4 is 5.32 Å². The predicted octanol–water partition coefficient (Wildman–Crippen LogP) is 4.24. The molecule has 4 heteroatoms. The molecule has 0 saturated carbocycles. The van der Waals surface area contributed by atoms with Crippen LogP contribution in [0, 0.1) is 0 Å². The van der Waals surface area contributed by atoms with Crippen molar-refractivity contribution in [2.45, 2.75) is 6.42 Å². The van der Waals surface area contributed by atoms with E-state index in [1.807, 2.05) is 72.9 Å². The number of carbonyl (C=O) groups excluding carboxylic acids is 1. The van der Waals surface area contributed by atoms with Crippen LogP contribution in [0.3, 0.4) is 0 Å². The average molecular weight is 329 g/mol. The number of hydrogen-bond acceptors (Lipinski definition) is 3. The number of anilines is 1. The molecule has 25 heavy (non-hydrogen) atoms. The van der Waals surface area contributed by atoms with Crippen LogP contribution in [0.4, 0.5) is 5.69 Å². The van der Waals surface area contributed by atoms with E-state index < -0.39 is 0 Å².